The number of amides is 2. The SMILES string of the molecule is CC(=O)Nc1cccc(C(=O)NN)c1. The van der Waals surface area contributed by atoms with Crippen LogP contribution in [0.25, 0.3) is 0 Å². The highest BCUT2D eigenvalue weighted by atomic mass is 16.2. The Morgan fingerprint density at radius 1 is 1.36 bits per heavy atom. The van der Waals surface area contributed by atoms with Gasteiger partial charge in [0, 0.05) is 18.2 Å². The van der Waals surface area contributed by atoms with Crippen LogP contribution in [0, 0.1) is 0 Å². The minimum atomic E-state index is -0.391. The zero-order chi connectivity index (χ0) is 10.6. The summed E-state index contributed by atoms with van der Waals surface area (Å²) in [5.41, 5.74) is 2.98. The van der Waals surface area contributed by atoms with Gasteiger partial charge in [-0.2, -0.15) is 0 Å². The van der Waals surface area contributed by atoms with Gasteiger partial charge in [0.2, 0.25) is 5.91 Å². The lowest BCUT2D eigenvalue weighted by Crippen LogP contribution is -2.29. The van der Waals surface area contributed by atoms with E-state index in [1.54, 1.807) is 24.3 Å². The lowest BCUT2D eigenvalue weighted by molar-refractivity contribution is -0.114. The Hall–Kier alpha value is -1.88. The number of nitrogens with one attached hydrogen (secondary N) is 2. The molecular formula is C9H11N3O2. The highest BCUT2D eigenvalue weighted by molar-refractivity contribution is 5.96. The Bertz CT molecular complexity index is 363. The standard InChI is InChI=1S/C9H11N3O2/c1-6(13)11-8-4-2-3-7(5-8)9(14)12-10/h2-5H,10H2,1H3,(H,11,13)(H,12,14). The van der Waals surface area contributed by atoms with Crippen LogP contribution in [-0.2, 0) is 4.79 Å². The molecule has 5 nitrogen and oxygen atoms in total. The van der Waals surface area contributed by atoms with Crippen molar-refractivity contribution in [1.82, 2.24) is 5.43 Å². The van der Waals surface area contributed by atoms with E-state index in [-0.39, 0.29) is 5.91 Å². The third-order valence-corrected chi connectivity index (χ3v) is 1.58. The molecule has 0 unspecified atom stereocenters. The zero-order valence-electron chi connectivity index (χ0n) is 7.70. The van der Waals surface area contributed by atoms with Crippen LogP contribution in [0.3, 0.4) is 0 Å². The number of rotatable bonds is 2. The summed E-state index contributed by atoms with van der Waals surface area (Å²) in [4.78, 5) is 21.8. The number of nitrogens with two attached hydrogens (primary N) is 1. The monoisotopic (exact) mass is 193 g/mol. The number of carbonyl (C=O) groups excluding carboxylic acids is 2. The van der Waals surface area contributed by atoms with Gasteiger partial charge in [-0.3, -0.25) is 15.0 Å². The van der Waals surface area contributed by atoms with Gasteiger partial charge in [-0.1, -0.05) is 6.07 Å². The van der Waals surface area contributed by atoms with Crippen LogP contribution in [0.1, 0.15) is 17.3 Å². The Morgan fingerprint density at radius 3 is 2.64 bits per heavy atom. The maximum Gasteiger partial charge on any atom is 0.265 e. The van der Waals surface area contributed by atoms with Crippen LogP contribution < -0.4 is 16.6 Å². The van der Waals surface area contributed by atoms with Gasteiger partial charge in [-0.05, 0) is 18.2 Å². The molecule has 4 N–H and O–H groups in total. The molecule has 0 fully saturated rings. The van der Waals surface area contributed by atoms with Crippen LogP contribution in [0.15, 0.2) is 24.3 Å². The second-order valence-corrected chi connectivity index (χ2v) is 2.74. The molecule has 14 heavy (non-hydrogen) atoms. The highest BCUT2D eigenvalue weighted by Gasteiger charge is 2.03. The molecule has 0 atom stereocenters. The average molecular weight is 193 g/mol. The summed E-state index contributed by atoms with van der Waals surface area (Å²) in [7, 11) is 0. The molecule has 74 valence electrons. The first kappa shape index (κ1) is 10.2. The highest BCUT2D eigenvalue weighted by Crippen LogP contribution is 2.09. The largest absolute Gasteiger partial charge is 0.326 e. The van der Waals surface area contributed by atoms with Gasteiger partial charge in [0.15, 0.2) is 0 Å². The molecule has 0 aliphatic rings. The van der Waals surface area contributed by atoms with Gasteiger partial charge < -0.3 is 5.32 Å². The van der Waals surface area contributed by atoms with Gasteiger partial charge >= 0.3 is 0 Å². The Morgan fingerprint density at radius 2 is 2.07 bits per heavy atom. The van der Waals surface area contributed by atoms with Crippen molar-refractivity contribution in [3.05, 3.63) is 29.8 Å². The van der Waals surface area contributed by atoms with Crippen LogP contribution in [0.4, 0.5) is 5.69 Å². The number of carbonyl (C=O) groups is 2. The second-order valence-electron chi connectivity index (χ2n) is 2.74. The summed E-state index contributed by atoms with van der Waals surface area (Å²) < 4.78 is 0. The van der Waals surface area contributed by atoms with Gasteiger partial charge in [0.25, 0.3) is 5.91 Å². The van der Waals surface area contributed by atoms with Crippen LogP contribution in [-0.4, -0.2) is 11.8 Å². The van der Waals surface area contributed by atoms with E-state index in [0.717, 1.165) is 0 Å². The zero-order valence-corrected chi connectivity index (χ0v) is 7.70. The van der Waals surface area contributed by atoms with E-state index >= 15 is 0 Å². The maximum atomic E-state index is 11.1. The number of hydrogen-bond acceptors (Lipinski definition) is 3. The smallest absolute Gasteiger partial charge is 0.265 e. The van der Waals surface area contributed by atoms with Gasteiger partial charge in [-0.15, -0.1) is 0 Å². The molecule has 1 aromatic carbocycles. The number of anilines is 1. The lowest BCUT2D eigenvalue weighted by atomic mass is 10.2. The summed E-state index contributed by atoms with van der Waals surface area (Å²) in [5, 5.41) is 2.56. The molecule has 0 bridgehead atoms. The predicted octanol–water partition coefficient (Wildman–Crippen LogP) is 0.248. The molecule has 1 aromatic rings. The molecular weight excluding hydrogens is 182 g/mol. The fourth-order valence-corrected chi connectivity index (χ4v) is 1.02. The first-order valence-electron chi connectivity index (χ1n) is 4.02. The van der Waals surface area contributed by atoms with Crippen molar-refractivity contribution in [3.8, 4) is 0 Å². The van der Waals surface area contributed by atoms with Gasteiger partial charge in [0.05, 0.1) is 0 Å². The van der Waals surface area contributed by atoms with Crippen LogP contribution in [0.2, 0.25) is 0 Å². The lowest BCUT2D eigenvalue weighted by Gasteiger charge is -2.04. The van der Waals surface area contributed by atoms with E-state index in [1.807, 2.05) is 5.43 Å². The van der Waals surface area contributed by atoms with Crippen molar-refractivity contribution in [2.24, 2.45) is 5.84 Å². The second kappa shape index (κ2) is 4.38. The van der Waals surface area contributed by atoms with E-state index < -0.39 is 5.91 Å². The first-order valence-corrected chi connectivity index (χ1v) is 4.02. The minimum absolute atomic E-state index is 0.185. The third kappa shape index (κ3) is 2.56. The number of hydrogen-bond donors (Lipinski definition) is 3. The average Bonchev–Trinajstić information content (AvgIpc) is 2.16. The summed E-state index contributed by atoms with van der Waals surface area (Å²) in [6.07, 6.45) is 0. The number of benzene rings is 1. The van der Waals surface area contributed by atoms with Gasteiger partial charge in [0.1, 0.15) is 0 Å². The Labute approximate surface area is 81.3 Å². The van der Waals surface area contributed by atoms with Crippen LogP contribution in [0.5, 0.6) is 0 Å². The minimum Gasteiger partial charge on any atom is -0.326 e. The quantitative estimate of drug-likeness (QED) is 0.357. The molecule has 2 amide bonds. The molecule has 0 heterocycles. The third-order valence-electron chi connectivity index (χ3n) is 1.58. The number of hydrazine groups is 1. The summed E-state index contributed by atoms with van der Waals surface area (Å²) in [6, 6.07) is 6.50. The molecule has 5 heteroatoms. The molecule has 0 aliphatic heterocycles. The van der Waals surface area contributed by atoms with E-state index in [0.29, 0.717) is 11.3 Å². The molecule has 0 spiro atoms. The molecule has 0 saturated carbocycles. The fraction of sp³-hybridized carbons (Fsp3) is 0.111. The van der Waals surface area contributed by atoms with Crippen molar-refractivity contribution in [2.45, 2.75) is 6.92 Å². The molecule has 0 aliphatic carbocycles. The fourth-order valence-electron chi connectivity index (χ4n) is 1.02. The Balaban J connectivity index is 2.89. The van der Waals surface area contributed by atoms with Gasteiger partial charge in [-0.25, -0.2) is 5.84 Å². The van der Waals surface area contributed by atoms with E-state index in [4.69, 9.17) is 5.84 Å². The topological polar surface area (TPSA) is 84.2 Å². The van der Waals surface area contributed by atoms with E-state index in [2.05, 4.69) is 5.32 Å². The summed E-state index contributed by atoms with van der Waals surface area (Å²) in [5.74, 6) is 4.39. The number of nitrogen functional groups attached to an aromatic ring is 1. The van der Waals surface area contributed by atoms with Crippen molar-refractivity contribution < 1.29 is 9.59 Å². The van der Waals surface area contributed by atoms with E-state index in [1.165, 1.54) is 6.92 Å². The van der Waals surface area contributed by atoms with E-state index in [9.17, 15) is 9.59 Å². The normalized spacial score (nSPS) is 9.29. The maximum absolute atomic E-state index is 11.1. The summed E-state index contributed by atoms with van der Waals surface area (Å²) in [6.45, 7) is 1.40. The molecule has 1 rings (SSSR count). The van der Waals surface area contributed by atoms with Crippen molar-refractivity contribution in [1.29, 1.82) is 0 Å². The summed E-state index contributed by atoms with van der Waals surface area (Å²) >= 11 is 0. The van der Waals surface area contributed by atoms with Crippen molar-refractivity contribution >= 4 is 17.5 Å². The first-order chi connectivity index (χ1) is 6.63. The van der Waals surface area contributed by atoms with Crippen molar-refractivity contribution in [3.63, 3.8) is 0 Å². The Kier molecular flexibility index (Phi) is 3.19. The molecule has 0 saturated heterocycles. The molecule has 0 aromatic heterocycles. The van der Waals surface area contributed by atoms with Crippen molar-refractivity contribution in [2.75, 3.05) is 5.32 Å². The van der Waals surface area contributed by atoms with Crippen LogP contribution >= 0.6 is 0 Å². The molecule has 0 radical (unpaired) electrons. The predicted molar refractivity (Wildman–Crippen MR) is 52.4 cm³/mol.